The molecule has 2 N–H and O–H groups in total. The molecule has 0 bridgehead atoms. The van der Waals surface area contributed by atoms with E-state index in [4.69, 9.17) is 21.8 Å². The van der Waals surface area contributed by atoms with Gasteiger partial charge in [0.2, 0.25) is 5.22 Å². The first kappa shape index (κ1) is 8.59. The van der Waals surface area contributed by atoms with E-state index < -0.39 is 0 Å². The van der Waals surface area contributed by atoms with Crippen molar-refractivity contribution in [2.45, 2.75) is 6.04 Å². The molecule has 1 fully saturated rings. The Morgan fingerprint density at radius 3 is 2.85 bits per heavy atom. The van der Waals surface area contributed by atoms with Crippen LogP contribution in [0.5, 0.6) is 0 Å². The van der Waals surface area contributed by atoms with Crippen LogP contribution in [0.25, 0.3) is 0 Å². The molecule has 1 aromatic heterocycles. The van der Waals surface area contributed by atoms with Crippen LogP contribution in [0.4, 0.5) is 0 Å². The second-order valence-corrected chi connectivity index (χ2v) is 3.42. The molecule has 0 saturated carbocycles. The van der Waals surface area contributed by atoms with E-state index in [9.17, 15) is 4.79 Å². The topological polar surface area (TPSA) is 59.5 Å². The van der Waals surface area contributed by atoms with Crippen LogP contribution < -0.4 is 5.73 Å². The monoisotopic (exact) mass is 200 g/mol. The molecule has 1 aliphatic rings. The van der Waals surface area contributed by atoms with Crippen molar-refractivity contribution in [2.75, 3.05) is 13.1 Å². The number of nitrogens with two attached hydrogens (primary N) is 1. The van der Waals surface area contributed by atoms with Gasteiger partial charge in [-0.25, -0.2) is 0 Å². The third kappa shape index (κ3) is 1.43. The highest BCUT2D eigenvalue weighted by atomic mass is 35.5. The van der Waals surface area contributed by atoms with Crippen molar-refractivity contribution in [1.29, 1.82) is 0 Å². The maximum absolute atomic E-state index is 11.6. The predicted octanol–water partition coefficient (Wildman–Crippen LogP) is 0.716. The van der Waals surface area contributed by atoms with Gasteiger partial charge in [-0.3, -0.25) is 4.79 Å². The number of furan rings is 1. The van der Waals surface area contributed by atoms with Gasteiger partial charge < -0.3 is 15.1 Å². The molecule has 0 spiro atoms. The number of rotatable bonds is 1. The van der Waals surface area contributed by atoms with Crippen LogP contribution in [-0.2, 0) is 0 Å². The number of hydrogen-bond donors (Lipinski definition) is 1. The molecule has 2 heterocycles. The minimum absolute atomic E-state index is 0.106. The van der Waals surface area contributed by atoms with Crippen molar-refractivity contribution in [1.82, 2.24) is 4.90 Å². The highest BCUT2D eigenvalue weighted by Gasteiger charge is 2.30. The Morgan fingerprint density at radius 1 is 1.69 bits per heavy atom. The summed E-state index contributed by atoms with van der Waals surface area (Å²) in [5, 5.41) is 0.144. The lowest BCUT2D eigenvalue weighted by Gasteiger charge is -2.36. The lowest BCUT2D eigenvalue weighted by Crippen LogP contribution is -2.57. The Balaban J connectivity index is 2.10. The summed E-state index contributed by atoms with van der Waals surface area (Å²) in [6.45, 7) is 1.20. The summed E-state index contributed by atoms with van der Waals surface area (Å²) in [4.78, 5) is 13.2. The van der Waals surface area contributed by atoms with E-state index in [0.29, 0.717) is 18.7 Å². The van der Waals surface area contributed by atoms with Crippen LogP contribution in [-0.4, -0.2) is 29.9 Å². The average Bonchev–Trinajstić information content (AvgIpc) is 2.44. The molecule has 1 aromatic rings. The van der Waals surface area contributed by atoms with Gasteiger partial charge in [-0.2, -0.15) is 0 Å². The molecule has 0 unspecified atom stereocenters. The first-order valence-corrected chi connectivity index (χ1v) is 4.34. The summed E-state index contributed by atoms with van der Waals surface area (Å²) >= 11 is 5.65. The lowest BCUT2D eigenvalue weighted by molar-refractivity contribution is 0.0607. The first-order chi connectivity index (χ1) is 6.18. The summed E-state index contributed by atoms with van der Waals surface area (Å²) in [6, 6.07) is 1.67. The maximum Gasteiger partial charge on any atom is 0.258 e. The van der Waals surface area contributed by atoms with E-state index in [1.165, 1.54) is 6.26 Å². The Bertz CT molecular complexity index is 331. The third-order valence-corrected chi connectivity index (χ3v) is 2.34. The zero-order valence-corrected chi connectivity index (χ0v) is 7.62. The largest absolute Gasteiger partial charge is 0.452 e. The van der Waals surface area contributed by atoms with Crippen LogP contribution >= 0.6 is 11.6 Å². The fraction of sp³-hybridized carbons (Fsp3) is 0.375. The van der Waals surface area contributed by atoms with E-state index >= 15 is 0 Å². The van der Waals surface area contributed by atoms with Gasteiger partial charge >= 0.3 is 0 Å². The maximum atomic E-state index is 11.6. The molecule has 0 atom stereocenters. The first-order valence-electron chi connectivity index (χ1n) is 3.96. The number of halogens is 1. The highest BCUT2D eigenvalue weighted by Crippen LogP contribution is 2.20. The van der Waals surface area contributed by atoms with Gasteiger partial charge in [0.15, 0.2) is 0 Å². The van der Waals surface area contributed by atoms with Crippen molar-refractivity contribution in [3.63, 3.8) is 0 Å². The van der Waals surface area contributed by atoms with E-state index in [2.05, 4.69) is 0 Å². The summed E-state index contributed by atoms with van der Waals surface area (Å²) in [5.74, 6) is -0.111. The summed E-state index contributed by atoms with van der Waals surface area (Å²) < 4.78 is 4.82. The molecule has 0 radical (unpaired) electrons. The minimum Gasteiger partial charge on any atom is -0.452 e. The number of amides is 1. The van der Waals surface area contributed by atoms with Crippen molar-refractivity contribution < 1.29 is 9.21 Å². The van der Waals surface area contributed by atoms with Crippen LogP contribution in [0.2, 0.25) is 5.22 Å². The molecular formula is C8H9ClN2O2. The third-order valence-electron chi connectivity index (χ3n) is 2.05. The van der Waals surface area contributed by atoms with Gasteiger partial charge in [0.1, 0.15) is 0 Å². The van der Waals surface area contributed by atoms with Crippen LogP contribution in [0, 0.1) is 0 Å². The normalized spacial score (nSPS) is 17.2. The molecule has 0 aromatic carbocycles. The second-order valence-electron chi connectivity index (χ2n) is 3.08. The van der Waals surface area contributed by atoms with Gasteiger partial charge in [-0.15, -0.1) is 0 Å². The van der Waals surface area contributed by atoms with E-state index in [-0.39, 0.29) is 17.2 Å². The van der Waals surface area contributed by atoms with E-state index in [1.54, 1.807) is 11.0 Å². The van der Waals surface area contributed by atoms with Crippen LogP contribution in [0.3, 0.4) is 0 Å². The van der Waals surface area contributed by atoms with Crippen molar-refractivity contribution in [3.05, 3.63) is 23.1 Å². The molecule has 0 aliphatic carbocycles. The molecule has 13 heavy (non-hydrogen) atoms. The van der Waals surface area contributed by atoms with Gasteiger partial charge in [-0.05, 0) is 17.7 Å². The smallest absolute Gasteiger partial charge is 0.258 e. The fourth-order valence-corrected chi connectivity index (χ4v) is 1.49. The molecule has 4 nitrogen and oxygen atoms in total. The summed E-state index contributed by atoms with van der Waals surface area (Å²) in [6.07, 6.45) is 1.40. The van der Waals surface area contributed by atoms with Crippen LogP contribution in [0.15, 0.2) is 16.7 Å². The quantitative estimate of drug-likeness (QED) is 0.727. The Hall–Kier alpha value is -1.00. The summed E-state index contributed by atoms with van der Waals surface area (Å²) in [7, 11) is 0. The standard InChI is InChI=1S/C8H9ClN2O2/c9-7-6(1-2-13-7)8(12)11-3-5(10)4-11/h1-2,5H,3-4,10H2. The number of hydrogen-bond acceptors (Lipinski definition) is 3. The molecule has 2 rings (SSSR count). The fourth-order valence-electron chi connectivity index (χ4n) is 1.30. The Morgan fingerprint density at radius 2 is 2.38 bits per heavy atom. The molecule has 1 saturated heterocycles. The van der Waals surface area contributed by atoms with E-state index in [0.717, 1.165) is 0 Å². The zero-order valence-electron chi connectivity index (χ0n) is 6.87. The predicted molar refractivity (Wildman–Crippen MR) is 47.6 cm³/mol. The minimum atomic E-state index is -0.111. The zero-order chi connectivity index (χ0) is 9.42. The van der Waals surface area contributed by atoms with Crippen molar-refractivity contribution in [3.8, 4) is 0 Å². The number of carbonyl (C=O) groups is 1. The number of nitrogens with zero attached hydrogens (tertiary/aromatic N) is 1. The highest BCUT2D eigenvalue weighted by molar-refractivity contribution is 6.32. The van der Waals surface area contributed by atoms with E-state index in [1.807, 2.05) is 0 Å². The molecule has 1 amide bonds. The van der Waals surface area contributed by atoms with Gasteiger partial charge in [0.25, 0.3) is 5.91 Å². The second kappa shape index (κ2) is 3.05. The van der Waals surface area contributed by atoms with Gasteiger partial charge in [0.05, 0.1) is 11.8 Å². The SMILES string of the molecule is NC1CN(C(=O)c2ccoc2Cl)C1. The number of likely N-dealkylation sites (tertiary alicyclic amines) is 1. The lowest BCUT2D eigenvalue weighted by atomic mass is 10.1. The molecular weight excluding hydrogens is 192 g/mol. The molecule has 70 valence electrons. The Labute approximate surface area is 80.2 Å². The molecule has 5 heteroatoms. The van der Waals surface area contributed by atoms with Crippen molar-refractivity contribution in [2.24, 2.45) is 5.73 Å². The average molecular weight is 201 g/mol. The number of carbonyl (C=O) groups excluding carboxylic acids is 1. The van der Waals surface area contributed by atoms with Gasteiger partial charge in [0, 0.05) is 19.1 Å². The Kier molecular flexibility index (Phi) is 2.01. The summed E-state index contributed by atoms with van der Waals surface area (Å²) in [5.41, 5.74) is 5.96. The van der Waals surface area contributed by atoms with Gasteiger partial charge in [-0.1, -0.05) is 0 Å². The van der Waals surface area contributed by atoms with Crippen LogP contribution in [0.1, 0.15) is 10.4 Å². The molecule has 1 aliphatic heterocycles. The van der Waals surface area contributed by atoms with Crippen molar-refractivity contribution >= 4 is 17.5 Å².